The third kappa shape index (κ3) is 8.36. The van der Waals surface area contributed by atoms with Gasteiger partial charge in [-0.25, -0.2) is 9.18 Å². The van der Waals surface area contributed by atoms with Crippen molar-refractivity contribution in [1.82, 2.24) is 5.32 Å². The summed E-state index contributed by atoms with van der Waals surface area (Å²) in [6.07, 6.45) is -2.13. The van der Waals surface area contributed by atoms with Crippen LogP contribution in [-0.4, -0.2) is 48.7 Å². The highest BCUT2D eigenvalue weighted by Gasteiger charge is 2.25. The smallest absolute Gasteiger partial charge is 0.407 e. The van der Waals surface area contributed by atoms with Gasteiger partial charge in [0.25, 0.3) is 0 Å². The van der Waals surface area contributed by atoms with Crippen LogP contribution in [0.1, 0.15) is 33.6 Å². The second-order valence-electron chi connectivity index (χ2n) is 5.09. The highest BCUT2D eigenvalue weighted by Crippen LogP contribution is 2.10. The Bertz CT molecular complexity index is 303. The Hall–Kier alpha value is -1.37. The van der Waals surface area contributed by atoms with Gasteiger partial charge in [-0.3, -0.25) is 4.79 Å². The van der Waals surface area contributed by atoms with E-state index in [0.717, 1.165) is 0 Å². The third-order valence-electron chi connectivity index (χ3n) is 2.21. The maximum Gasteiger partial charge on any atom is 0.407 e. The quantitative estimate of drug-likeness (QED) is 0.713. The number of methoxy groups -OCH3 is 1. The Morgan fingerprint density at radius 1 is 1.37 bits per heavy atom. The van der Waals surface area contributed by atoms with E-state index in [1.165, 1.54) is 7.11 Å². The Labute approximate surface area is 112 Å². The number of hydrogen-bond donors (Lipinski definition) is 2. The molecule has 0 saturated heterocycles. The molecule has 0 fully saturated rings. The minimum atomic E-state index is -1.39. The number of carbonyl (C=O) groups is 2. The van der Waals surface area contributed by atoms with Crippen LogP contribution in [0.5, 0.6) is 0 Å². The molecule has 0 spiro atoms. The summed E-state index contributed by atoms with van der Waals surface area (Å²) in [4.78, 5) is 22.5. The number of esters is 1. The molecule has 0 heterocycles. The lowest BCUT2D eigenvalue weighted by atomic mass is 10.1. The van der Waals surface area contributed by atoms with Crippen LogP contribution in [-0.2, 0) is 14.3 Å². The van der Waals surface area contributed by atoms with Crippen LogP contribution in [0.4, 0.5) is 9.18 Å². The number of carbonyl (C=O) groups excluding carboxylic acids is 2. The van der Waals surface area contributed by atoms with Gasteiger partial charge in [-0.1, -0.05) is 0 Å². The lowest BCUT2D eigenvalue weighted by Crippen LogP contribution is -2.46. The molecule has 7 heteroatoms. The van der Waals surface area contributed by atoms with Crippen LogP contribution in [0.3, 0.4) is 0 Å². The predicted octanol–water partition coefficient (Wildman–Crippen LogP) is 1.16. The number of alkyl halides is 1. The summed E-state index contributed by atoms with van der Waals surface area (Å²) in [5, 5.41) is 11.8. The number of aliphatic hydroxyl groups is 1. The van der Waals surface area contributed by atoms with Crippen LogP contribution in [0, 0.1) is 0 Å². The predicted molar refractivity (Wildman–Crippen MR) is 66.4 cm³/mol. The first-order valence-electron chi connectivity index (χ1n) is 6.00. The van der Waals surface area contributed by atoms with Crippen LogP contribution < -0.4 is 5.32 Å². The van der Waals surface area contributed by atoms with E-state index >= 15 is 0 Å². The zero-order valence-corrected chi connectivity index (χ0v) is 11.7. The molecule has 0 rings (SSSR count). The molecule has 0 radical (unpaired) electrons. The second kappa shape index (κ2) is 7.93. The van der Waals surface area contributed by atoms with Gasteiger partial charge < -0.3 is 19.9 Å². The zero-order chi connectivity index (χ0) is 15.1. The van der Waals surface area contributed by atoms with Crippen LogP contribution in [0.25, 0.3) is 0 Å². The van der Waals surface area contributed by atoms with Crippen molar-refractivity contribution in [1.29, 1.82) is 0 Å². The largest absolute Gasteiger partial charge is 0.469 e. The molecule has 0 aliphatic carbocycles. The van der Waals surface area contributed by atoms with E-state index in [0.29, 0.717) is 0 Å². The minimum Gasteiger partial charge on any atom is -0.469 e. The first kappa shape index (κ1) is 17.6. The number of alkyl carbamates (subject to hydrolysis) is 1. The number of rotatable bonds is 6. The van der Waals surface area contributed by atoms with E-state index in [2.05, 4.69) is 10.1 Å². The summed E-state index contributed by atoms with van der Waals surface area (Å²) < 4.78 is 21.9. The average molecular weight is 279 g/mol. The van der Waals surface area contributed by atoms with Crippen molar-refractivity contribution in [3.05, 3.63) is 0 Å². The lowest BCUT2D eigenvalue weighted by Gasteiger charge is -2.25. The highest BCUT2D eigenvalue weighted by atomic mass is 19.1. The van der Waals surface area contributed by atoms with Crippen molar-refractivity contribution in [2.24, 2.45) is 0 Å². The molecular weight excluding hydrogens is 257 g/mol. The molecule has 0 aliphatic rings. The van der Waals surface area contributed by atoms with Crippen LogP contribution in [0.15, 0.2) is 0 Å². The monoisotopic (exact) mass is 279 g/mol. The van der Waals surface area contributed by atoms with Gasteiger partial charge in [0, 0.05) is 6.42 Å². The molecule has 2 N–H and O–H groups in total. The Morgan fingerprint density at radius 2 is 1.95 bits per heavy atom. The van der Waals surface area contributed by atoms with E-state index in [-0.39, 0.29) is 12.8 Å². The highest BCUT2D eigenvalue weighted by molar-refractivity contribution is 5.70. The molecule has 0 bridgehead atoms. The van der Waals surface area contributed by atoms with Crippen molar-refractivity contribution < 1.29 is 28.6 Å². The first-order valence-corrected chi connectivity index (χ1v) is 6.00. The fourth-order valence-electron chi connectivity index (χ4n) is 1.30. The van der Waals surface area contributed by atoms with E-state index < -0.39 is 36.5 Å². The van der Waals surface area contributed by atoms with Gasteiger partial charge in [-0.15, -0.1) is 0 Å². The molecule has 0 aromatic rings. The van der Waals surface area contributed by atoms with Gasteiger partial charge in [-0.2, -0.15) is 0 Å². The Kier molecular flexibility index (Phi) is 7.36. The first-order chi connectivity index (χ1) is 8.69. The normalized spacial score (nSPS) is 14.4. The summed E-state index contributed by atoms with van der Waals surface area (Å²) in [6, 6.07) is -0.904. The van der Waals surface area contributed by atoms with Crippen molar-refractivity contribution in [2.75, 3.05) is 13.8 Å². The van der Waals surface area contributed by atoms with E-state index in [1.807, 2.05) is 0 Å². The average Bonchev–Trinajstić information content (AvgIpc) is 2.30. The summed E-state index contributed by atoms with van der Waals surface area (Å²) >= 11 is 0. The van der Waals surface area contributed by atoms with Gasteiger partial charge in [-0.05, 0) is 27.2 Å². The Balaban J connectivity index is 4.43. The molecule has 19 heavy (non-hydrogen) atoms. The van der Waals surface area contributed by atoms with Gasteiger partial charge in [0.2, 0.25) is 0 Å². The molecule has 112 valence electrons. The van der Waals surface area contributed by atoms with Gasteiger partial charge in [0.1, 0.15) is 18.4 Å². The number of aliphatic hydroxyl groups excluding tert-OH is 1. The van der Waals surface area contributed by atoms with Gasteiger partial charge >= 0.3 is 12.1 Å². The maximum absolute atomic E-state index is 12.5. The lowest BCUT2D eigenvalue weighted by molar-refractivity contribution is -0.141. The summed E-state index contributed by atoms with van der Waals surface area (Å²) in [5.41, 5.74) is -0.697. The third-order valence-corrected chi connectivity index (χ3v) is 2.21. The SMILES string of the molecule is COC(=O)CCC(NC(=O)OC(C)(C)C)C(O)CF. The fourth-order valence-corrected chi connectivity index (χ4v) is 1.30. The molecule has 2 atom stereocenters. The fraction of sp³-hybridized carbons (Fsp3) is 0.833. The van der Waals surface area contributed by atoms with E-state index in [1.54, 1.807) is 20.8 Å². The van der Waals surface area contributed by atoms with Crippen LogP contribution >= 0.6 is 0 Å². The summed E-state index contributed by atoms with van der Waals surface area (Å²) in [5.74, 6) is -0.498. The van der Waals surface area contributed by atoms with Crippen molar-refractivity contribution in [3.63, 3.8) is 0 Å². The second-order valence-corrected chi connectivity index (χ2v) is 5.09. The molecule has 1 amide bonds. The number of hydrogen-bond acceptors (Lipinski definition) is 5. The summed E-state index contributed by atoms with van der Waals surface area (Å²) in [6.45, 7) is 4.02. The molecule has 0 aliphatic heterocycles. The van der Waals surface area contributed by atoms with Gasteiger partial charge in [0.05, 0.1) is 13.2 Å². The topological polar surface area (TPSA) is 84.9 Å². The molecule has 0 saturated carbocycles. The maximum atomic E-state index is 12.5. The zero-order valence-electron chi connectivity index (χ0n) is 11.7. The molecule has 0 aromatic heterocycles. The van der Waals surface area contributed by atoms with Crippen molar-refractivity contribution in [2.45, 2.75) is 51.4 Å². The molecule has 6 nitrogen and oxygen atoms in total. The number of halogens is 1. The van der Waals surface area contributed by atoms with Gasteiger partial charge in [0.15, 0.2) is 0 Å². The number of ether oxygens (including phenoxy) is 2. The van der Waals surface area contributed by atoms with E-state index in [9.17, 15) is 19.1 Å². The molecule has 2 unspecified atom stereocenters. The minimum absolute atomic E-state index is 0.0337. The van der Waals surface area contributed by atoms with Crippen molar-refractivity contribution >= 4 is 12.1 Å². The van der Waals surface area contributed by atoms with E-state index in [4.69, 9.17) is 4.74 Å². The summed E-state index contributed by atoms with van der Waals surface area (Å²) in [7, 11) is 1.23. The standard InChI is InChI=1S/C12H22FNO5/c1-12(2,3)19-11(17)14-8(9(15)7-13)5-6-10(16)18-4/h8-9,15H,5-7H2,1-4H3,(H,14,17). The number of nitrogens with one attached hydrogen (secondary N) is 1. The molecule has 0 aromatic carbocycles. The Morgan fingerprint density at radius 3 is 2.37 bits per heavy atom. The molecular formula is C12H22FNO5. The number of amides is 1. The van der Waals surface area contributed by atoms with Crippen molar-refractivity contribution in [3.8, 4) is 0 Å². The van der Waals surface area contributed by atoms with Crippen LogP contribution in [0.2, 0.25) is 0 Å².